The van der Waals surface area contributed by atoms with Gasteiger partial charge in [-0.2, -0.15) is 5.26 Å². The average Bonchev–Trinajstić information content (AvgIpc) is 2.89. The summed E-state index contributed by atoms with van der Waals surface area (Å²) in [6, 6.07) is 7.37. The number of aromatic nitrogens is 4. The highest BCUT2D eigenvalue weighted by molar-refractivity contribution is 5.38. The van der Waals surface area contributed by atoms with Crippen LogP contribution < -0.4 is 5.32 Å². The minimum absolute atomic E-state index is 0.410. The third kappa shape index (κ3) is 2.40. The van der Waals surface area contributed by atoms with Crippen LogP contribution in [0, 0.1) is 11.3 Å². The molecule has 0 amide bonds. The number of hydrogen-bond donors (Lipinski definition) is 1. The molecule has 0 aliphatic carbocycles. The molecule has 1 aliphatic rings. The maximum Gasteiger partial charge on any atom is 0.152 e. The Kier molecular flexibility index (Phi) is 3.11. The number of fused-ring (bicyclic) bond motifs is 1. The zero-order chi connectivity index (χ0) is 13.1. The second kappa shape index (κ2) is 5.06. The van der Waals surface area contributed by atoms with Crippen LogP contribution in [0.4, 0.5) is 5.82 Å². The summed E-state index contributed by atoms with van der Waals surface area (Å²) in [5.74, 6) is 2.69. The SMILES string of the molecule is N#Cc1cccc(NCc2nnc3n2CCCC3)n1. The molecular weight excluding hydrogens is 240 g/mol. The zero-order valence-corrected chi connectivity index (χ0v) is 10.5. The highest BCUT2D eigenvalue weighted by Gasteiger charge is 2.15. The van der Waals surface area contributed by atoms with Crippen molar-refractivity contribution in [2.75, 3.05) is 5.32 Å². The van der Waals surface area contributed by atoms with Crippen molar-refractivity contribution in [3.05, 3.63) is 35.5 Å². The van der Waals surface area contributed by atoms with Crippen LogP contribution in [-0.4, -0.2) is 19.7 Å². The summed E-state index contributed by atoms with van der Waals surface area (Å²) in [7, 11) is 0. The standard InChI is InChI=1S/C13H14N6/c14-8-10-4-3-5-11(16-10)15-9-13-18-17-12-6-1-2-7-19(12)13/h3-5H,1-2,6-7,9H2,(H,15,16). The van der Waals surface area contributed by atoms with Crippen molar-refractivity contribution in [3.63, 3.8) is 0 Å². The van der Waals surface area contributed by atoms with Crippen LogP contribution in [0.15, 0.2) is 18.2 Å². The topological polar surface area (TPSA) is 79.4 Å². The Morgan fingerprint density at radius 3 is 3.16 bits per heavy atom. The molecule has 0 saturated heterocycles. The molecule has 0 saturated carbocycles. The van der Waals surface area contributed by atoms with E-state index in [9.17, 15) is 0 Å². The van der Waals surface area contributed by atoms with E-state index in [4.69, 9.17) is 5.26 Å². The van der Waals surface area contributed by atoms with Gasteiger partial charge in [0.05, 0.1) is 6.54 Å². The fraction of sp³-hybridized carbons (Fsp3) is 0.385. The van der Waals surface area contributed by atoms with E-state index in [0.29, 0.717) is 18.1 Å². The van der Waals surface area contributed by atoms with Crippen LogP contribution >= 0.6 is 0 Å². The Hall–Kier alpha value is -2.42. The largest absolute Gasteiger partial charge is 0.363 e. The van der Waals surface area contributed by atoms with Gasteiger partial charge in [-0.05, 0) is 25.0 Å². The lowest BCUT2D eigenvalue weighted by Crippen LogP contribution is -2.15. The first-order valence-electron chi connectivity index (χ1n) is 6.39. The molecule has 0 spiro atoms. The van der Waals surface area contributed by atoms with Gasteiger partial charge in [-0.25, -0.2) is 4.98 Å². The molecule has 2 aromatic heterocycles. The summed E-state index contributed by atoms with van der Waals surface area (Å²) in [6.07, 6.45) is 3.38. The van der Waals surface area contributed by atoms with Crippen molar-refractivity contribution in [2.45, 2.75) is 32.4 Å². The average molecular weight is 254 g/mol. The Morgan fingerprint density at radius 1 is 1.32 bits per heavy atom. The van der Waals surface area contributed by atoms with Crippen molar-refractivity contribution < 1.29 is 0 Å². The monoisotopic (exact) mass is 254 g/mol. The molecule has 3 heterocycles. The van der Waals surface area contributed by atoms with Crippen molar-refractivity contribution >= 4 is 5.82 Å². The highest BCUT2D eigenvalue weighted by Crippen LogP contribution is 2.15. The minimum Gasteiger partial charge on any atom is -0.363 e. The van der Waals surface area contributed by atoms with Gasteiger partial charge in [0.1, 0.15) is 23.4 Å². The Balaban J connectivity index is 1.72. The number of pyridine rings is 1. The van der Waals surface area contributed by atoms with Gasteiger partial charge in [0.25, 0.3) is 0 Å². The Labute approximate surface area is 111 Å². The Morgan fingerprint density at radius 2 is 2.26 bits per heavy atom. The fourth-order valence-corrected chi connectivity index (χ4v) is 2.26. The maximum atomic E-state index is 8.81. The van der Waals surface area contributed by atoms with Crippen LogP contribution in [0.1, 0.15) is 30.2 Å². The second-order valence-corrected chi connectivity index (χ2v) is 4.51. The molecule has 96 valence electrons. The second-order valence-electron chi connectivity index (χ2n) is 4.51. The van der Waals surface area contributed by atoms with Gasteiger partial charge in [0, 0.05) is 13.0 Å². The molecule has 0 radical (unpaired) electrons. The highest BCUT2D eigenvalue weighted by atomic mass is 15.3. The molecule has 0 bridgehead atoms. The predicted octanol–water partition coefficient (Wildman–Crippen LogP) is 1.49. The van der Waals surface area contributed by atoms with Gasteiger partial charge in [-0.3, -0.25) is 0 Å². The minimum atomic E-state index is 0.410. The van der Waals surface area contributed by atoms with E-state index in [0.717, 1.165) is 24.6 Å². The molecule has 2 aromatic rings. The van der Waals surface area contributed by atoms with Crippen LogP contribution in [0.3, 0.4) is 0 Å². The van der Waals surface area contributed by atoms with E-state index in [1.54, 1.807) is 6.07 Å². The lowest BCUT2D eigenvalue weighted by atomic mass is 10.2. The van der Waals surface area contributed by atoms with E-state index in [-0.39, 0.29) is 0 Å². The summed E-state index contributed by atoms with van der Waals surface area (Å²) in [5.41, 5.74) is 0.410. The number of rotatable bonds is 3. The lowest BCUT2D eigenvalue weighted by Gasteiger charge is -2.14. The first-order chi connectivity index (χ1) is 9.36. The number of nitrogens with one attached hydrogen (secondary N) is 1. The first kappa shape index (κ1) is 11.7. The quantitative estimate of drug-likeness (QED) is 0.897. The lowest BCUT2D eigenvalue weighted by molar-refractivity contribution is 0.509. The molecule has 3 rings (SSSR count). The van der Waals surface area contributed by atoms with Crippen molar-refractivity contribution in [1.29, 1.82) is 5.26 Å². The molecule has 1 aliphatic heterocycles. The number of hydrogen-bond acceptors (Lipinski definition) is 5. The summed E-state index contributed by atoms with van der Waals surface area (Å²) in [5, 5.41) is 20.4. The molecule has 0 unspecified atom stereocenters. The normalized spacial score (nSPS) is 13.6. The van der Waals surface area contributed by atoms with Gasteiger partial charge >= 0.3 is 0 Å². The molecular formula is C13H14N6. The zero-order valence-electron chi connectivity index (χ0n) is 10.5. The smallest absolute Gasteiger partial charge is 0.152 e. The van der Waals surface area contributed by atoms with E-state index in [1.807, 2.05) is 18.2 Å². The molecule has 0 fully saturated rings. The summed E-state index contributed by atoms with van der Waals surface area (Å²) in [4.78, 5) is 4.17. The maximum absolute atomic E-state index is 8.81. The third-order valence-electron chi connectivity index (χ3n) is 3.23. The summed E-state index contributed by atoms with van der Waals surface area (Å²) < 4.78 is 2.17. The van der Waals surface area contributed by atoms with E-state index >= 15 is 0 Å². The Bertz CT molecular complexity index is 624. The van der Waals surface area contributed by atoms with E-state index in [1.165, 1.54) is 12.8 Å². The number of nitriles is 1. The van der Waals surface area contributed by atoms with Gasteiger partial charge in [0.2, 0.25) is 0 Å². The van der Waals surface area contributed by atoms with Crippen LogP contribution in [0.5, 0.6) is 0 Å². The number of nitrogens with zero attached hydrogens (tertiary/aromatic N) is 5. The fourth-order valence-electron chi connectivity index (χ4n) is 2.26. The van der Waals surface area contributed by atoms with Crippen molar-refractivity contribution in [3.8, 4) is 6.07 Å². The molecule has 6 heteroatoms. The molecule has 19 heavy (non-hydrogen) atoms. The van der Waals surface area contributed by atoms with E-state index in [2.05, 4.69) is 25.1 Å². The summed E-state index contributed by atoms with van der Waals surface area (Å²) >= 11 is 0. The number of aryl methyl sites for hydroxylation is 1. The number of anilines is 1. The molecule has 6 nitrogen and oxygen atoms in total. The van der Waals surface area contributed by atoms with Gasteiger partial charge in [-0.15, -0.1) is 10.2 Å². The summed E-state index contributed by atoms with van der Waals surface area (Å²) in [6.45, 7) is 1.57. The van der Waals surface area contributed by atoms with Crippen molar-refractivity contribution in [1.82, 2.24) is 19.7 Å². The van der Waals surface area contributed by atoms with Gasteiger partial charge < -0.3 is 9.88 Å². The van der Waals surface area contributed by atoms with Gasteiger partial charge in [-0.1, -0.05) is 6.07 Å². The van der Waals surface area contributed by atoms with Crippen LogP contribution in [-0.2, 0) is 19.5 Å². The van der Waals surface area contributed by atoms with Crippen LogP contribution in [0.2, 0.25) is 0 Å². The van der Waals surface area contributed by atoms with Crippen LogP contribution in [0.25, 0.3) is 0 Å². The van der Waals surface area contributed by atoms with E-state index < -0.39 is 0 Å². The molecule has 1 N–H and O–H groups in total. The predicted molar refractivity (Wildman–Crippen MR) is 69.2 cm³/mol. The van der Waals surface area contributed by atoms with Gasteiger partial charge in [0.15, 0.2) is 5.82 Å². The first-order valence-corrected chi connectivity index (χ1v) is 6.39. The third-order valence-corrected chi connectivity index (χ3v) is 3.23. The van der Waals surface area contributed by atoms with Crippen molar-refractivity contribution in [2.24, 2.45) is 0 Å². The molecule has 0 aromatic carbocycles. The molecule has 0 atom stereocenters.